The lowest BCUT2D eigenvalue weighted by molar-refractivity contribution is -0.114. The zero-order valence-corrected chi connectivity index (χ0v) is 15.5. The Morgan fingerprint density at radius 2 is 0.905 bits per heavy atom. The molecule has 1 aromatic rings. The number of benzene rings is 1. The SMILES string of the molecule is O=C(CBr)Nc1cc(NC(=O)CBr)cc(NC(=O)CBr)c1. The number of carbonyl (C=O) groups is 3. The fourth-order valence-electron chi connectivity index (χ4n) is 1.43. The van der Waals surface area contributed by atoms with Crippen LogP contribution >= 0.6 is 47.8 Å². The maximum Gasteiger partial charge on any atom is 0.235 e. The van der Waals surface area contributed by atoms with Gasteiger partial charge in [-0.2, -0.15) is 0 Å². The molecule has 0 unspecified atom stereocenters. The fourth-order valence-corrected chi connectivity index (χ4v) is 1.85. The number of hydrogen-bond donors (Lipinski definition) is 3. The van der Waals surface area contributed by atoms with Gasteiger partial charge in [-0.05, 0) is 18.2 Å². The molecule has 0 bridgehead atoms. The second-order valence-electron chi connectivity index (χ2n) is 3.84. The van der Waals surface area contributed by atoms with Gasteiger partial charge in [-0.1, -0.05) is 47.8 Å². The van der Waals surface area contributed by atoms with Crippen LogP contribution in [-0.4, -0.2) is 33.7 Å². The third-order valence-electron chi connectivity index (χ3n) is 2.15. The maximum atomic E-state index is 11.4. The first-order valence-corrected chi connectivity index (χ1v) is 9.07. The first-order valence-electron chi connectivity index (χ1n) is 5.71. The summed E-state index contributed by atoms with van der Waals surface area (Å²) in [5.74, 6) is -0.717. The van der Waals surface area contributed by atoms with Gasteiger partial charge in [0.1, 0.15) is 0 Å². The Kier molecular flexibility index (Phi) is 7.91. The average molecular weight is 486 g/mol. The summed E-state index contributed by atoms with van der Waals surface area (Å²) >= 11 is 9.15. The van der Waals surface area contributed by atoms with Crippen LogP contribution in [-0.2, 0) is 14.4 Å². The van der Waals surface area contributed by atoms with Crippen molar-refractivity contribution >= 4 is 82.6 Å². The zero-order valence-electron chi connectivity index (χ0n) is 10.7. The third-order valence-corrected chi connectivity index (χ3v) is 3.68. The Hall–Kier alpha value is -0.930. The molecular formula is C12H12Br3N3O3. The Morgan fingerprint density at radius 1 is 0.667 bits per heavy atom. The van der Waals surface area contributed by atoms with Crippen LogP contribution in [0, 0.1) is 0 Å². The number of hydrogen-bond acceptors (Lipinski definition) is 3. The number of rotatable bonds is 6. The summed E-state index contributed by atoms with van der Waals surface area (Å²) < 4.78 is 0. The molecule has 0 atom stereocenters. The summed E-state index contributed by atoms with van der Waals surface area (Å²) in [4.78, 5) is 34.2. The van der Waals surface area contributed by atoms with E-state index in [1.54, 1.807) is 18.2 Å². The van der Waals surface area contributed by atoms with Crippen LogP contribution < -0.4 is 16.0 Å². The van der Waals surface area contributed by atoms with Crippen LogP contribution in [0.15, 0.2) is 18.2 Å². The molecular weight excluding hydrogens is 474 g/mol. The molecule has 0 aromatic heterocycles. The van der Waals surface area contributed by atoms with Crippen molar-refractivity contribution < 1.29 is 14.4 Å². The summed E-state index contributed by atoms with van der Waals surface area (Å²) in [5.41, 5.74) is 1.41. The van der Waals surface area contributed by atoms with Gasteiger partial charge in [0.2, 0.25) is 17.7 Å². The van der Waals surface area contributed by atoms with Gasteiger partial charge < -0.3 is 16.0 Å². The Morgan fingerprint density at radius 3 is 1.10 bits per heavy atom. The molecule has 21 heavy (non-hydrogen) atoms. The standard InChI is InChI=1S/C12H12Br3N3O3/c13-4-10(19)16-7-1-8(17-11(20)5-14)3-9(2-7)18-12(21)6-15/h1-3H,4-6H2,(H,16,19)(H,17,20)(H,18,21). The fraction of sp³-hybridized carbons (Fsp3) is 0.250. The number of amides is 3. The van der Waals surface area contributed by atoms with Crippen molar-refractivity contribution in [2.24, 2.45) is 0 Å². The van der Waals surface area contributed by atoms with Gasteiger partial charge in [-0.15, -0.1) is 0 Å². The summed E-state index contributed by atoms with van der Waals surface area (Å²) in [6, 6.07) is 4.81. The molecule has 0 aliphatic carbocycles. The largest absolute Gasteiger partial charge is 0.325 e. The topological polar surface area (TPSA) is 87.3 Å². The van der Waals surface area contributed by atoms with E-state index in [1.165, 1.54) is 0 Å². The average Bonchev–Trinajstić information content (AvgIpc) is 2.46. The Labute approximate surface area is 146 Å². The van der Waals surface area contributed by atoms with E-state index < -0.39 is 0 Å². The highest BCUT2D eigenvalue weighted by atomic mass is 79.9. The van der Waals surface area contributed by atoms with Crippen LogP contribution in [0.1, 0.15) is 0 Å². The number of halogens is 3. The van der Waals surface area contributed by atoms with Crippen LogP contribution in [0.5, 0.6) is 0 Å². The lowest BCUT2D eigenvalue weighted by Crippen LogP contribution is -2.17. The molecule has 0 heterocycles. The van der Waals surface area contributed by atoms with Gasteiger partial charge >= 0.3 is 0 Å². The number of anilines is 3. The van der Waals surface area contributed by atoms with Crippen molar-refractivity contribution in [2.75, 3.05) is 31.9 Å². The van der Waals surface area contributed by atoms with E-state index in [-0.39, 0.29) is 33.7 Å². The van der Waals surface area contributed by atoms with Gasteiger partial charge in [0.05, 0.1) is 16.0 Å². The van der Waals surface area contributed by atoms with E-state index in [0.717, 1.165) is 0 Å². The summed E-state index contributed by atoms with van der Waals surface area (Å²) in [7, 11) is 0. The number of carbonyl (C=O) groups excluding carboxylic acids is 3. The molecule has 0 aliphatic heterocycles. The van der Waals surface area contributed by atoms with Gasteiger partial charge in [-0.3, -0.25) is 14.4 Å². The van der Waals surface area contributed by atoms with E-state index in [0.29, 0.717) is 17.1 Å². The van der Waals surface area contributed by atoms with Gasteiger partial charge in [0.15, 0.2) is 0 Å². The van der Waals surface area contributed by atoms with E-state index in [9.17, 15) is 14.4 Å². The normalized spacial score (nSPS) is 9.86. The Bertz CT molecular complexity index is 463. The van der Waals surface area contributed by atoms with Gasteiger partial charge in [0.25, 0.3) is 0 Å². The smallest absolute Gasteiger partial charge is 0.235 e. The van der Waals surface area contributed by atoms with Crippen molar-refractivity contribution in [3.8, 4) is 0 Å². The molecule has 0 saturated heterocycles. The molecule has 1 aromatic carbocycles. The minimum absolute atomic E-state index is 0.147. The predicted octanol–water partition coefficient (Wildman–Crippen LogP) is 2.69. The molecule has 3 amide bonds. The van der Waals surface area contributed by atoms with E-state index in [2.05, 4.69) is 63.7 Å². The quantitative estimate of drug-likeness (QED) is 0.541. The molecule has 114 valence electrons. The van der Waals surface area contributed by atoms with Crippen LogP contribution in [0.2, 0.25) is 0 Å². The summed E-state index contributed by atoms with van der Waals surface area (Å²) in [6.07, 6.45) is 0. The van der Waals surface area contributed by atoms with E-state index >= 15 is 0 Å². The molecule has 0 fully saturated rings. The predicted molar refractivity (Wildman–Crippen MR) is 93.7 cm³/mol. The molecule has 6 nitrogen and oxygen atoms in total. The highest BCUT2D eigenvalue weighted by Crippen LogP contribution is 2.23. The molecule has 0 saturated carbocycles. The minimum atomic E-state index is -0.239. The summed E-state index contributed by atoms with van der Waals surface area (Å²) in [5, 5.41) is 8.37. The van der Waals surface area contributed by atoms with Gasteiger partial charge in [0, 0.05) is 17.1 Å². The Balaban J connectivity index is 3.03. The van der Waals surface area contributed by atoms with Crippen molar-refractivity contribution in [3.63, 3.8) is 0 Å². The van der Waals surface area contributed by atoms with E-state index in [1.807, 2.05) is 0 Å². The van der Waals surface area contributed by atoms with Crippen LogP contribution in [0.3, 0.4) is 0 Å². The maximum absolute atomic E-state index is 11.4. The highest BCUT2D eigenvalue weighted by molar-refractivity contribution is 9.09. The third kappa shape index (κ3) is 6.58. The van der Waals surface area contributed by atoms with Crippen LogP contribution in [0.25, 0.3) is 0 Å². The highest BCUT2D eigenvalue weighted by Gasteiger charge is 2.08. The minimum Gasteiger partial charge on any atom is -0.325 e. The number of nitrogens with one attached hydrogen (secondary N) is 3. The second-order valence-corrected chi connectivity index (χ2v) is 5.53. The van der Waals surface area contributed by atoms with Crippen LogP contribution in [0.4, 0.5) is 17.1 Å². The monoisotopic (exact) mass is 483 g/mol. The lowest BCUT2D eigenvalue weighted by Gasteiger charge is -2.11. The second kappa shape index (κ2) is 9.16. The zero-order chi connectivity index (χ0) is 15.8. The van der Waals surface area contributed by atoms with Crippen molar-refractivity contribution in [1.29, 1.82) is 0 Å². The molecule has 1 rings (SSSR count). The first kappa shape index (κ1) is 18.1. The molecule has 0 aliphatic rings. The molecule has 0 radical (unpaired) electrons. The molecule has 0 spiro atoms. The molecule has 3 N–H and O–H groups in total. The first-order chi connectivity index (χ1) is 9.98. The molecule has 9 heteroatoms. The lowest BCUT2D eigenvalue weighted by atomic mass is 10.2. The van der Waals surface area contributed by atoms with Crippen molar-refractivity contribution in [1.82, 2.24) is 0 Å². The number of alkyl halides is 3. The van der Waals surface area contributed by atoms with Crippen molar-refractivity contribution in [2.45, 2.75) is 0 Å². The van der Waals surface area contributed by atoms with Crippen molar-refractivity contribution in [3.05, 3.63) is 18.2 Å². The van der Waals surface area contributed by atoms with Gasteiger partial charge in [-0.25, -0.2) is 0 Å². The summed E-state index contributed by atoms with van der Waals surface area (Å²) in [6.45, 7) is 0. The van der Waals surface area contributed by atoms with E-state index in [4.69, 9.17) is 0 Å².